The first kappa shape index (κ1) is 15.9. The molecular weight excluding hydrogens is 265 g/mol. The molecule has 110 valence electrons. The number of nitrogens with one attached hydrogen (secondary N) is 1. The van der Waals surface area contributed by atoms with Crippen molar-refractivity contribution in [3.05, 3.63) is 29.6 Å². The lowest BCUT2D eigenvalue weighted by Gasteiger charge is -2.25. The summed E-state index contributed by atoms with van der Waals surface area (Å²) in [6.07, 6.45) is 0.444. The summed E-state index contributed by atoms with van der Waals surface area (Å²) < 4.78 is 19.0. The SMILES string of the molecule is CCC(C)(OC)C(=O)Nc1ccc(/C(N)=N/O)cc1F. The van der Waals surface area contributed by atoms with Gasteiger partial charge in [0.2, 0.25) is 0 Å². The molecule has 0 aromatic heterocycles. The Morgan fingerprint density at radius 2 is 2.25 bits per heavy atom. The number of benzene rings is 1. The fourth-order valence-electron chi connectivity index (χ4n) is 1.49. The highest BCUT2D eigenvalue weighted by atomic mass is 19.1. The van der Waals surface area contributed by atoms with Gasteiger partial charge in [-0.1, -0.05) is 12.1 Å². The molecule has 0 aliphatic carbocycles. The predicted molar refractivity (Wildman–Crippen MR) is 73.2 cm³/mol. The van der Waals surface area contributed by atoms with E-state index in [4.69, 9.17) is 15.7 Å². The Labute approximate surface area is 116 Å². The average molecular weight is 283 g/mol. The highest BCUT2D eigenvalue weighted by Gasteiger charge is 2.31. The van der Waals surface area contributed by atoms with E-state index in [0.29, 0.717) is 6.42 Å². The van der Waals surface area contributed by atoms with Gasteiger partial charge in [-0.15, -0.1) is 0 Å². The van der Waals surface area contributed by atoms with Crippen LogP contribution in [-0.4, -0.2) is 29.7 Å². The van der Waals surface area contributed by atoms with Gasteiger partial charge in [-0.25, -0.2) is 4.39 Å². The van der Waals surface area contributed by atoms with Crippen LogP contribution in [0.1, 0.15) is 25.8 Å². The second kappa shape index (κ2) is 6.33. The van der Waals surface area contributed by atoms with Crippen LogP contribution in [0.5, 0.6) is 0 Å². The second-order valence-electron chi connectivity index (χ2n) is 4.42. The van der Waals surface area contributed by atoms with Crippen LogP contribution >= 0.6 is 0 Å². The number of amides is 1. The smallest absolute Gasteiger partial charge is 0.256 e. The standard InChI is InChI=1S/C13H18FN3O3/c1-4-13(2,20-3)12(18)16-10-6-5-8(7-9(10)14)11(15)17-19/h5-7,19H,4H2,1-3H3,(H2,15,17)(H,16,18). The summed E-state index contributed by atoms with van der Waals surface area (Å²) in [7, 11) is 1.42. The van der Waals surface area contributed by atoms with Crippen LogP contribution < -0.4 is 11.1 Å². The zero-order valence-electron chi connectivity index (χ0n) is 11.6. The van der Waals surface area contributed by atoms with Crippen LogP contribution in [-0.2, 0) is 9.53 Å². The number of oxime groups is 1. The Kier molecular flexibility index (Phi) is 5.04. The minimum Gasteiger partial charge on any atom is -0.409 e. The molecule has 0 saturated heterocycles. The first-order valence-electron chi connectivity index (χ1n) is 6.02. The number of amidine groups is 1. The largest absolute Gasteiger partial charge is 0.409 e. The molecule has 1 aromatic rings. The summed E-state index contributed by atoms with van der Waals surface area (Å²) in [5.74, 6) is -1.34. The summed E-state index contributed by atoms with van der Waals surface area (Å²) in [5.41, 5.74) is 4.54. The molecule has 0 heterocycles. The van der Waals surface area contributed by atoms with Crippen molar-refractivity contribution in [2.24, 2.45) is 10.9 Å². The third-order valence-electron chi connectivity index (χ3n) is 3.23. The van der Waals surface area contributed by atoms with E-state index < -0.39 is 17.3 Å². The summed E-state index contributed by atoms with van der Waals surface area (Å²) >= 11 is 0. The molecule has 1 atom stereocenters. The number of ether oxygens (including phenoxy) is 1. The molecule has 0 aliphatic heterocycles. The number of anilines is 1. The summed E-state index contributed by atoms with van der Waals surface area (Å²) in [6, 6.07) is 3.84. The van der Waals surface area contributed by atoms with E-state index in [0.717, 1.165) is 6.07 Å². The summed E-state index contributed by atoms with van der Waals surface area (Å²) in [5, 5.41) is 13.7. The van der Waals surface area contributed by atoms with E-state index in [2.05, 4.69) is 10.5 Å². The molecule has 4 N–H and O–H groups in total. The van der Waals surface area contributed by atoms with Crippen molar-refractivity contribution in [1.82, 2.24) is 0 Å². The minimum absolute atomic E-state index is 0.00112. The molecule has 0 aliphatic rings. The molecular formula is C13H18FN3O3. The highest BCUT2D eigenvalue weighted by Crippen LogP contribution is 2.20. The average Bonchev–Trinajstić information content (AvgIpc) is 2.47. The van der Waals surface area contributed by atoms with Gasteiger partial charge in [-0.3, -0.25) is 4.79 Å². The fourth-order valence-corrected chi connectivity index (χ4v) is 1.49. The van der Waals surface area contributed by atoms with Crippen molar-refractivity contribution in [2.75, 3.05) is 12.4 Å². The maximum absolute atomic E-state index is 13.9. The minimum atomic E-state index is -1.03. The molecule has 0 saturated carbocycles. The molecule has 1 unspecified atom stereocenters. The maximum Gasteiger partial charge on any atom is 0.256 e. The predicted octanol–water partition coefficient (Wildman–Crippen LogP) is 1.67. The molecule has 6 nitrogen and oxygen atoms in total. The van der Waals surface area contributed by atoms with Crippen molar-refractivity contribution >= 4 is 17.4 Å². The highest BCUT2D eigenvalue weighted by molar-refractivity contribution is 5.99. The van der Waals surface area contributed by atoms with Gasteiger partial charge >= 0.3 is 0 Å². The molecule has 0 bridgehead atoms. The third kappa shape index (κ3) is 3.24. The van der Waals surface area contributed by atoms with Crippen LogP contribution in [0.25, 0.3) is 0 Å². The topological polar surface area (TPSA) is 96.9 Å². The zero-order chi connectivity index (χ0) is 15.3. The van der Waals surface area contributed by atoms with Crippen LogP contribution in [0.15, 0.2) is 23.4 Å². The van der Waals surface area contributed by atoms with Crippen LogP contribution in [0.3, 0.4) is 0 Å². The third-order valence-corrected chi connectivity index (χ3v) is 3.23. The number of carbonyl (C=O) groups is 1. The number of hydrogen-bond acceptors (Lipinski definition) is 4. The number of nitrogens with zero attached hydrogens (tertiary/aromatic N) is 1. The van der Waals surface area contributed by atoms with E-state index in [1.807, 2.05) is 0 Å². The molecule has 0 spiro atoms. The molecule has 20 heavy (non-hydrogen) atoms. The number of methoxy groups -OCH3 is 1. The fraction of sp³-hybridized carbons (Fsp3) is 0.385. The van der Waals surface area contributed by atoms with Crippen molar-refractivity contribution in [1.29, 1.82) is 0 Å². The van der Waals surface area contributed by atoms with E-state index >= 15 is 0 Å². The lowest BCUT2D eigenvalue weighted by atomic mass is 10.0. The molecule has 7 heteroatoms. The van der Waals surface area contributed by atoms with E-state index in [1.165, 1.54) is 19.2 Å². The second-order valence-corrected chi connectivity index (χ2v) is 4.42. The Bertz CT molecular complexity index is 528. The van der Waals surface area contributed by atoms with Gasteiger partial charge in [0.25, 0.3) is 5.91 Å². The van der Waals surface area contributed by atoms with Crippen molar-refractivity contribution in [2.45, 2.75) is 25.9 Å². The maximum atomic E-state index is 13.9. The first-order valence-corrected chi connectivity index (χ1v) is 6.02. The first-order chi connectivity index (χ1) is 9.37. The lowest BCUT2D eigenvalue weighted by Crippen LogP contribution is -2.41. The van der Waals surface area contributed by atoms with Crippen molar-refractivity contribution in [3.63, 3.8) is 0 Å². The quantitative estimate of drug-likeness (QED) is 0.331. The van der Waals surface area contributed by atoms with Gasteiger partial charge in [0.15, 0.2) is 5.84 Å². The Hall–Kier alpha value is -2.15. The molecule has 1 rings (SSSR count). The number of carbonyl (C=O) groups excluding carboxylic acids is 1. The summed E-state index contributed by atoms with van der Waals surface area (Å²) in [4.78, 5) is 12.0. The van der Waals surface area contributed by atoms with Gasteiger partial charge < -0.3 is 21.0 Å². The van der Waals surface area contributed by atoms with E-state index in [1.54, 1.807) is 13.8 Å². The van der Waals surface area contributed by atoms with Crippen molar-refractivity contribution < 1.29 is 19.1 Å². The summed E-state index contributed by atoms with van der Waals surface area (Å²) in [6.45, 7) is 3.41. The Morgan fingerprint density at radius 1 is 1.60 bits per heavy atom. The zero-order valence-corrected chi connectivity index (χ0v) is 11.6. The normalized spacial score (nSPS) is 14.7. The number of halogens is 1. The number of rotatable bonds is 5. The van der Waals surface area contributed by atoms with Gasteiger partial charge in [0.05, 0.1) is 5.69 Å². The molecule has 0 radical (unpaired) electrons. The van der Waals surface area contributed by atoms with Gasteiger partial charge in [-0.2, -0.15) is 0 Å². The lowest BCUT2D eigenvalue weighted by molar-refractivity contribution is -0.136. The van der Waals surface area contributed by atoms with Crippen LogP contribution in [0.2, 0.25) is 0 Å². The molecule has 1 amide bonds. The van der Waals surface area contributed by atoms with E-state index in [-0.39, 0.29) is 17.1 Å². The van der Waals surface area contributed by atoms with Crippen LogP contribution in [0, 0.1) is 5.82 Å². The monoisotopic (exact) mass is 283 g/mol. The molecule has 0 fully saturated rings. The van der Waals surface area contributed by atoms with Gasteiger partial charge in [-0.05, 0) is 31.5 Å². The van der Waals surface area contributed by atoms with E-state index in [9.17, 15) is 9.18 Å². The van der Waals surface area contributed by atoms with Gasteiger partial charge in [0, 0.05) is 12.7 Å². The number of hydrogen-bond donors (Lipinski definition) is 3. The molecule has 1 aromatic carbocycles. The van der Waals surface area contributed by atoms with Crippen LogP contribution in [0.4, 0.5) is 10.1 Å². The van der Waals surface area contributed by atoms with Crippen molar-refractivity contribution in [3.8, 4) is 0 Å². The number of nitrogens with two attached hydrogens (primary N) is 1. The Morgan fingerprint density at radius 3 is 2.70 bits per heavy atom. The van der Waals surface area contributed by atoms with Gasteiger partial charge in [0.1, 0.15) is 11.4 Å². The Balaban J connectivity index is 2.97.